The predicted molar refractivity (Wildman–Crippen MR) is 85.0 cm³/mol. The molecule has 0 aromatic heterocycles. The van der Waals surface area contributed by atoms with Crippen molar-refractivity contribution in [1.29, 1.82) is 0 Å². The zero-order valence-electron chi connectivity index (χ0n) is 13.8. The molecule has 0 saturated carbocycles. The summed E-state index contributed by atoms with van der Waals surface area (Å²) in [4.78, 5) is 0. The number of rotatable bonds is 4. The van der Waals surface area contributed by atoms with Crippen LogP contribution in [-0.4, -0.2) is 41.1 Å². The molecule has 2 aliphatic rings. The van der Waals surface area contributed by atoms with Crippen LogP contribution in [0.15, 0.2) is 24.3 Å². The maximum atomic E-state index is 10.4. The van der Waals surface area contributed by atoms with Gasteiger partial charge < -0.3 is 24.1 Å². The first-order valence-electron chi connectivity index (χ1n) is 7.76. The Morgan fingerprint density at radius 2 is 1.96 bits per heavy atom. The van der Waals surface area contributed by atoms with Gasteiger partial charge >= 0.3 is 0 Å². The largest absolute Gasteiger partial charge is 0.388 e. The minimum absolute atomic E-state index is 0.313. The molecule has 4 atom stereocenters. The van der Waals surface area contributed by atoms with Gasteiger partial charge in [0.25, 0.3) is 0 Å². The van der Waals surface area contributed by atoms with Crippen LogP contribution in [0.1, 0.15) is 33.3 Å². The Balaban J connectivity index is 1.77. The van der Waals surface area contributed by atoms with Crippen LogP contribution in [0.3, 0.4) is 0 Å². The molecule has 2 fully saturated rings. The first-order chi connectivity index (χ1) is 10.7. The second-order valence-corrected chi connectivity index (χ2v) is 7.45. The Hall–Kier alpha value is -0.690. The molecule has 0 radical (unpaired) electrons. The highest BCUT2D eigenvalue weighted by Crippen LogP contribution is 2.41. The van der Waals surface area contributed by atoms with E-state index in [9.17, 15) is 5.11 Å². The molecule has 2 saturated heterocycles. The molecule has 3 rings (SSSR count). The van der Waals surface area contributed by atoms with Crippen molar-refractivity contribution in [3.8, 4) is 0 Å². The van der Waals surface area contributed by atoms with E-state index in [1.165, 1.54) is 0 Å². The number of hydrogen-bond acceptors (Lipinski definition) is 5. The van der Waals surface area contributed by atoms with Crippen molar-refractivity contribution in [2.75, 3.05) is 0 Å². The Kier molecular flexibility index (Phi) is 4.46. The monoisotopic (exact) mass is 342 g/mol. The van der Waals surface area contributed by atoms with E-state index < -0.39 is 29.9 Å². The van der Waals surface area contributed by atoms with E-state index in [1.54, 1.807) is 13.8 Å². The number of aliphatic hydroxyl groups is 1. The molecule has 0 spiro atoms. The molecule has 1 N–H and O–H groups in total. The average molecular weight is 343 g/mol. The highest BCUT2D eigenvalue weighted by Gasteiger charge is 2.58. The standard InChI is InChI=1S/C17H23ClO5/c1-16(2,19)14-12(13-15(21-14)23-17(3,4)22-13)20-9-10-7-5-6-8-11(10)18/h5-8,12-15,19H,9H2,1-4H3/t12-,13-,14+,15-/m1/s1. The zero-order valence-corrected chi connectivity index (χ0v) is 14.5. The van der Waals surface area contributed by atoms with Gasteiger partial charge in [-0.3, -0.25) is 0 Å². The molecule has 6 heteroatoms. The minimum atomic E-state index is -1.08. The predicted octanol–water partition coefficient (Wildman–Crippen LogP) is 2.87. The molecule has 0 amide bonds. The quantitative estimate of drug-likeness (QED) is 0.911. The molecule has 2 heterocycles. The van der Waals surface area contributed by atoms with Crippen LogP contribution in [0.2, 0.25) is 5.02 Å². The average Bonchev–Trinajstić information content (AvgIpc) is 2.90. The summed E-state index contributed by atoms with van der Waals surface area (Å²) in [5, 5.41) is 11.0. The van der Waals surface area contributed by atoms with E-state index in [4.69, 9.17) is 30.5 Å². The SMILES string of the molecule is CC1(C)O[C@H]2O[C@H](C(C)(C)O)[C@H](OCc3ccccc3Cl)[C@H]2O1. The van der Waals surface area contributed by atoms with Gasteiger partial charge in [-0.1, -0.05) is 29.8 Å². The third-order valence-corrected chi connectivity index (χ3v) is 4.45. The van der Waals surface area contributed by atoms with Crippen molar-refractivity contribution in [2.45, 2.75) is 70.3 Å². The van der Waals surface area contributed by atoms with Crippen LogP contribution in [0, 0.1) is 0 Å². The number of halogens is 1. The van der Waals surface area contributed by atoms with Gasteiger partial charge in [0.2, 0.25) is 0 Å². The summed E-state index contributed by atoms with van der Waals surface area (Å²) < 4.78 is 23.6. The van der Waals surface area contributed by atoms with Gasteiger partial charge in [0.1, 0.15) is 18.3 Å². The van der Waals surface area contributed by atoms with Gasteiger partial charge in [-0.2, -0.15) is 0 Å². The molecule has 5 nitrogen and oxygen atoms in total. The lowest BCUT2D eigenvalue weighted by atomic mass is 9.95. The zero-order chi connectivity index (χ0) is 16.8. The summed E-state index contributed by atoms with van der Waals surface area (Å²) in [5.41, 5.74) is -0.197. The van der Waals surface area contributed by atoms with Gasteiger partial charge in [0.05, 0.1) is 12.2 Å². The Morgan fingerprint density at radius 3 is 2.61 bits per heavy atom. The molecule has 1 aromatic rings. The molecule has 128 valence electrons. The first-order valence-corrected chi connectivity index (χ1v) is 8.14. The van der Waals surface area contributed by atoms with Gasteiger partial charge in [-0.15, -0.1) is 0 Å². The normalized spacial score (nSPS) is 33.0. The molecule has 0 bridgehead atoms. The van der Waals surface area contributed by atoms with Gasteiger partial charge in [-0.25, -0.2) is 0 Å². The number of ether oxygens (including phenoxy) is 4. The third-order valence-electron chi connectivity index (χ3n) is 4.08. The third kappa shape index (κ3) is 3.55. The fourth-order valence-electron chi connectivity index (χ4n) is 3.03. The molecule has 0 aliphatic carbocycles. The maximum absolute atomic E-state index is 10.4. The lowest BCUT2D eigenvalue weighted by Crippen LogP contribution is -2.47. The van der Waals surface area contributed by atoms with Crippen LogP contribution in [-0.2, 0) is 25.6 Å². The Labute approximate surface area is 141 Å². The number of hydrogen-bond donors (Lipinski definition) is 1. The lowest BCUT2D eigenvalue weighted by molar-refractivity contribution is -0.240. The van der Waals surface area contributed by atoms with E-state index in [0.29, 0.717) is 11.6 Å². The van der Waals surface area contributed by atoms with E-state index in [2.05, 4.69) is 0 Å². The molecule has 2 aliphatic heterocycles. The second kappa shape index (κ2) is 5.99. The Bertz CT molecular complexity index is 568. The fourth-order valence-corrected chi connectivity index (χ4v) is 3.22. The van der Waals surface area contributed by atoms with Crippen LogP contribution in [0.5, 0.6) is 0 Å². The smallest absolute Gasteiger partial charge is 0.190 e. The van der Waals surface area contributed by atoms with Crippen LogP contribution in [0.25, 0.3) is 0 Å². The molecular formula is C17H23ClO5. The van der Waals surface area contributed by atoms with Crippen LogP contribution in [0.4, 0.5) is 0 Å². The number of fused-ring (bicyclic) bond motifs is 1. The van der Waals surface area contributed by atoms with Crippen molar-refractivity contribution >= 4 is 11.6 Å². The highest BCUT2D eigenvalue weighted by atomic mass is 35.5. The summed E-state index contributed by atoms with van der Waals surface area (Å²) in [6.07, 6.45) is -1.92. The fraction of sp³-hybridized carbons (Fsp3) is 0.647. The van der Waals surface area contributed by atoms with Crippen LogP contribution < -0.4 is 0 Å². The minimum Gasteiger partial charge on any atom is -0.388 e. The molecule has 1 aromatic carbocycles. The summed E-state index contributed by atoms with van der Waals surface area (Å²) in [6.45, 7) is 7.36. The summed E-state index contributed by atoms with van der Waals surface area (Å²) in [6, 6.07) is 7.51. The topological polar surface area (TPSA) is 57.2 Å². The highest BCUT2D eigenvalue weighted by molar-refractivity contribution is 6.31. The molecular weight excluding hydrogens is 320 g/mol. The van der Waals surface area contributed by atoms with E-state index >= 15 is 0 Å². The summed E-state index contributed by atoms with van der Waals surface area (Å²) in [5.74, 6) is -0.730. The molecule has 23 heavy (non-hydrogen) atoms. The Morgan fingerprint density at radius 1 is 1.26 bits per heavy atom. The van der Waals surface area contributed by atoms with E-state index in [1.807, 2.05) is 38.1 Å². The van der Waals surface area contributed by atoms with Crippen LogP contribution >= 0.6 is 11.6 Å². The van der Waals surface area contributed by atoms with Crippen molar-refractivity contribution < 1.29 is 24.1 Å². The second-order valence-electron chi connectivity index (χ2n) is 7.05. The summed E-state index contributed by atoms with van der Waals surface area (Å²) >= 11 is 6.18. The van der Waals surface area contributed by atoms with Gasteiger partial charge in [-0.05, 0) is 39.3 Å². The van der Waals surface area contributed by atoms with E-state index in [-0.39, 0.29) is 6.10 Å². The van der Waals surface area contributed by atoms with Crippen molar-refractivity contribution in [2.24, 2.45) is 0 Å². The van der Waals surface area contributed by atoms with Crippen molar-refractivity contribution in [3.63, 3.8) is 0 Å². The van der Waals surface area contributed by atoms with Crippen molar-refractivity contribution in [1.82, 2.24) is 0 Å². The first kappa shape index (κ1) is 17.1. The van der Waals surface area contributed by atoms with Gasteiger partial charge in [0, 0.05) is 5.02 Å². The van der Waals surface area contributed by atoms with Gasteiger partial charge in [0.15, 0.2) is 12.1 Å². The maximum Gasteiger partial charge on any atom is 0.190 e. The van der Waals surface area contributed by atoms with Crippen molar-refractivity contribution in [3.05, 3.63) is 34.9 Å². The molecule has 0 unspecified atom stereocenters. The number of benzene rings is 1. The van der Waals surface area contributed by atoms with E-state index in [0.717, 1.165) is 5.56 Å². The summed E-state index contributed by atoms with van der Waals surface area (Å²) in [7, 11) is 0. The lowest BCUT2D eigenvalue weighted by Gasteiger charge is -2.32.